The van der Waals surface area contributed by atoms with Crippen molar-refractivity contribution in [2.75, 3.05) is 13.7 Å². The molecule has 0 saturated carbocycles. The van der Waals surface area contributed by atoms with Gasteiger partial charge in [-0.2, -0.15) is 0 Å². The Morgan fingerprint density at radius 1 is 1.25 bits per heavy atom. The highest BCUT2D eigenvalue weighted by Crippen LogP contribution is 2.25. The van der Waals surface area contributed by atoms with E-state index in [1.165, 1.54) is 0 Å². The Morgan fingerprint density at radius 3 is 2.96 bits per heavy atom. The van der Waals surface area contributed by atoms with E-state index in [1.807, 2.05) is 54.7 Å². The summed E-state index contributed by atoms with van der Waals surface area (Å²) >= 11 is 0. The summed E-state index contributed by atoms with van der Waals surface area (Å²) in [6.45, 7) is 1.33. The summed E-state index contributed by atoms with van der Waals surface area (Å²) in [5.74, 6) is 0.348. The summed E-state index contributed by atoms with van der Waals surface area (Å²) < 4.78 is 5.36. The van der Waals surface area contributed by atoms with E-state index >= 15 is 0 Å². The molecule has 1 saturated heterocycles. The van der Waals surface area contributed by atoms with Crippen molar-refractivity contribution in [2.24, 2.45) is 5.92 Å². The number of methoxy groups -OCH3 is 1. The van der Waals surface area contributed by atoms with Gasteiger partial charge in [0.2, 0.25) is 11.8 Å². The highest BCUT2D eigenvalue weighted by molar-refractivity contribution is 5.89. The number of carbonyl (C=O) groups is 2. The van der Waals surface area contributed by atoms with E-state index in [-0.39, 0.29) is 24.2 Å². The van der Waals surface area contributed by atoms with Crippen LogP contribution >= 0.6 is 0 Å². The number of amides is 2. The first-order chi connectivity index (χ1) is 13.6. The van der Waals surface area contributed by atoms with Gasteiger partial charge in [0.15, 0.2) is 0 Å². The molecule has 0 spiro atoms. The molecule has 0 bridgehead atoms. The zero-order valence-electron chi connectivity index (χ0n) is 15.8. The molecule has 1 aromatic heterocycles. The van der Waals surface area contributed by atoms with Crippen LogP contribution < -0.4 is 10.1 Å². The SMILES string of the molecule is COc1ccccc1CN1CC(C(=O)NCc2ccc3cc[nH]c3c2)CC1=O. The molecule has 2 heterocycles. The molecule has 4 rings (SSSR count). The minimum atomic E-state index is -0.323. The number of benzene rings is 2. The van der Waals surface area contributed by atoms with Gasteiger partial charge < -0.3 is 19.9 Å². The van der Waals surface area contributed by atoms with Crippen molar-refractivity contribution >= 4 is 22.7 Å². The smallest absolute Gasteiger partial charge is 0.225 e. The molecule has 1 aliphatic heterocycles. The zero-order chi connectivity index (χ0) is 19.5. The first-order valence-electron chi connectivity index (χ1n) is 9.37. The number of aromatic nitrogens is 1. The van der Waals surface area contributed by atoms with Crippen molar-refractivity contribution < 1.29 is 14.3 Å². The molecule has 6 heteroatoms. The topological polar surface area (TPSA) is 74.4 Å². The van der Waals surface area contributed by atoms with Crippen molar-refractivity contribution in [2.45, 2.75) is 19.5 Å². The minimum absolute atomic E-state index is 0.00105. The Kier molecular flexibility index (Phi) is 5.02. The highest BCUT2D eigenvalue weighted by Gasteiger charge is 2.34. The third-order valence-corrected chi connectivity index (χ3v) is 5.23. The normalized spacial score (nSPS) is 16.5. The molecule has 1 fully saturated rings. The van der Waals surface area contributed by atoms with Crippen molar-refractivity contribution in [1.29, 1.82) is 0 Å². The molecule has 144 valence electrons. The van der Waals surface area contributed by atoms with E-state index in [2.05, 4.69) is 10.3 Å². The average Bonchev–Trinajstić information content (AvgIpc) is 3.33. The van der Waals surface area contributed by atoms with Gasteiger partial charge >= 0.3 is 0 Å². The van der Waals surface area contributed by atoms with Crippen LogP contribution in [0.3, 0.4) is 0 Å². The summed E-state index contributed by atoms with van der Waals surface area (Å²) in [6.07, 6.45) is 2.14. The van der Waals surface area contributed by atoms with Gasteiger partial charge in [-0.05, 0) is 29.1 Å². The lowest BCUT2D eigenvalue weighted by molar-refractivity contribution is -0.129. The third kappa shape index (κ3) is 3.71. The number of fused-ring (bicyclic) bond motifs is 1. The summed E-state index contributed by atoms with van der Waals surface area (Å²) in [7, 11) is 1.62. The number of nitrogens with zero attached hydrogens (tertiary/aromatic N) is 1. The molecular formula is C22H23N3O3. The zero-order valence-corrected chi connectivity index (χ0v) is 15.8. The van der Waals surface area contributed by atoms with Gasteiger partial charge in [0.25, 0.3) is 0 Å². The molecule has 1 atom stereocenters. The number of carbonyl (C=O) groups excluding carboxylic acids is 2. The number of rotatable bonds is 6. The standard InChI is InChI=1S/C22H23N3O3/c1-28-20-5-3-2-4-17(20)13-25-14-18(11-21(25)26)22(27)24-12-15-6-7-16-8-9-23-19(16)10-15/h2-10,18,23H,11-14H2,1H3,(H,24,27). The van der Waals surface area contributed by atoms with Crippen LogP contribution in [-0.2, 0) is 22.7 Å². The Bertz CT molecular complexity index is 1010. The van der Waals surface area contributed by atoms with E-state index in [4.69, 9.17) is 4.74 Å². The number of H-pyrrole nitrogens is 1. The fraction of sp³-hybridized carbons (Fsp3) is 0.273. The maximum Gasteiger partial charge on any atom is 0.225 e. The van der Waals surface area contributed by atoms with Crippen molar-refractivity contribution in [3.05, 3.63) is 65.9 Å². The van der Waals surface area contributed by atoms with Crippen LogP contribution in [0.4, 0.5) is 0 Å². The molecule has 1 unspecified atom stereocenters. The quantitative estimate of drug-likeness (QED) is 0.694. The summed E-state index contributed by atoms with van der Waals surface area (Å²) in [6, 6.07) is 15.7. The number of likely N-dealkylation sites (tertiary alicyclic amines) is 1. The van der Waals surface area contributed by atoms with Gasteiger partial charge in [-0.3, -0.25) is 9.59 Å². The molecule has 3 aromatic rings. The van der Waals surface area contributed by atoms with Gasteiger partial charge in [0, 0.05) is 43.3 Å². The summed E-state index contributed by atoms with van der Waals surface area (Å²) in [5, 5.41) is 4.11. The number of aromatic amines is 1. The van der Waals surface area contributed by atoms with Crippen LogP contribution in [0.5, 0.6) is 5.75 Å². The van der Waals surface area contributed by atoms with Gasteiger partial charge in [-0.25, -0.2) is 0 Å². The van der Waals surface area contributed by atoms with Crippen molar-refractivity contribution in [3.8, 4) is 5.75 Å². The molecule has 6 nitrogen and oxygen atoms in total. The predicted octanol–water partition coefficient (Wildman–Crippen LogP) is 2.84. The first-order valence-corrected chi connectivity index (χ1v) is 9.37. The Labute approximate surface area is 163 Å². The molecule has 2 aromatic carbocycles. The molecule has 2 amide bonds. The van der Waals surface area contributed by atoms with Crippen LogP contribution in [0.25, 0.3) is 10.9 Å². The Hall–Kier alpha value is -3.28. The maximum absolute atomic E-state index is 12.6. The highest BCUT2D eigenvalue weighted by atomic mass is 16.5. The van der Waals surface area contributed by atoms with E-state index in [1.54, 1.807) is 12.0 Å². The van der Waals surface area contributed by atoms with Gasteiger partial charge in [0.1, 0.15) is 5.75 Å². The number of ether oxygens (including phenoxy) is 1. The molecule has 28 heavy (non-hydrogen) atoms. The average molecular weight is 377 g/mol. The second-order valence-electron chi connectivity index (χ2n) is 7.10. The van der Waals surface area contributed by atoms with Gasteiger partial charge in [-0.15, -0.1) is 0 Å². The van der Waals surface area contributed by atoms with E-state index < -0.39 is 0 Å². The Morgan fingerprint density at radius 2 is 2.11 bits per heavy atom. The van der Waals surface area contributed by atoms with Crippen LogP contribution in [-0.4, -0.2) is 35.4 Å². The van der Waals surface area contributed by atoms with Crippen LogP contribution in [0.15, 0.2) is 54.7 Å². The molecule has 0 aliphatic carbocycles. The fourth-order valence-corrected chi connectivity index (χ4v) is 3.68. The molecule has 1 aliphatic rings. The van der Waals surface area contributed by atoms with Crippen LogP contribution in [0, 0.1) is 5.92 Å². The third-order valence-electron chi connectivity index (χ3n) is 5.23. The van der Waals surface area contributed by atoms with E-state index in [0.29, 0.717) is 19.6 Å². The van der Waals surface area contributed by atoms with Crippen LogP contribution in [0.1, 0.15) is 17.5 Å². The minimum Gasteiger partial charge on any atom is -0.496 e. The lowest BCUT2D eigenvalue weighted by Crippen LogP contribution is -2.32. The van der Waals surface area contributed by atoms with Gasteiger partial charge in [-0.1, -0.05) is 30.3 Å². The van der Waals surface area contributed by atoms with Crippen molar-refractivity contribution in [1.82, 2.24) is 15.2 Å². The van der Waals surface area contributed by atoms with E-state index in [0.717, 1.165) is 27.8 Å². The Balaban J connectivity index is 1.35. The molecule has 2 N–H and O–H groups in total. The van der Waals surface area contributed by atoms with Crippen LogP contribution in [0.2, 0.25) is 0 Å². The fourth-order valence-electron chi connectivity index (χ4n) is 3.68. The summed E-state index contributed by atoms with van der Waals surface area (Å²) in [4.78, 5) is 29.9. The first kappa shape index (κ1) is 18.1. The number of hydrogen-bond donors (Lipinski definition) is 2. The van der Waals surface area contributed by atoms with Gasteiger partial charge in [0.05, 0.1) is 13.0 Å². The second kappa shape index (κ2) is 7.76. The number of para-hydroxylation sites is 1. The predicted molar refractivity (Wildman–Crippen MR) is 107 cm³/mol. The monoisotopic (exact) mass is 377 g/mol. The van der Waals surface area contributed by atoms with E-state index in [9.17, 15) is 9.59 Å². The molecule has 0 radical (unpaired) electrons. The molecular weight excluding hydrogens is 354 g/mol. The largest absolute Gasteiger partial charge is 0.496 e. The van der Waals surface area contributed by atoms with Crippen molar-refractivity contribution in [3.63, 3.8) is 0 Å². The lowest BCUT2D eigenvalue weighted by atomic mass is 10.1. The summed E-state index contributed by atoms with van der Waals surface area (Å²) in [5.41, 5.74) is 3.02. The number of hydrogen-bond acceptors (Lipinski definition) is 3. The second-order valence-corrected chi connectivity index (χ2v) is 7.10. The maximum atomic E-state index is 12.6. The number of nitrogens with one attached hydrogen (secondary N) is 2. The lowest BCUT2D eigenvalue weighted by Gasteiger charge is -2.18.